The van der Waals surface area contributed by atoms with E-state index in [1.165, 1.54) is 64.2 Å². The van der Waals surface area contributed by atoms with E-state index in [0.29, 0.717) is 12.1 Å². The number of oxime groups is 1. The minimum absolute atomic E-state index is 0.675. The monoisotopic (exact) mass is 290 g/mol. The van der Waals surface area contributed by atoms with Crippen molar-refractivity contribution in [3.8, 4) is 0 Å². The lowest BCUT2D eigenvalue weighted by Gasteiger charge is -2.52. The van der Waals surface area contributed by atoms with Crippen molar-refractivity contribution in [2.45, 2.75) is 95.2 Å². The Morgan fingerprint density at radius 2 is 1.38 bits per heavy atom. The topological polar surface area (TPSA) is 35.8 Å². The average Bonchev–Trinajstić information content (AvgIpc) is 2.66. The first-order valence-corrected chi connectivity index (χ1v) is 9.30. The summed E-state index contributed by atoms with van der Waals surface area (Å²) in [5.41, 5.74) is 1.06. The second-order valence-corrected chi connectivity index (χ2v) is 8.14. The average molecular weight is 290 g/mol. The van der Waals surface area contributed by atoms with E-state index in [1.54, 1.807) is 0 Å². The van der Waals surface area contributed by atoms with Gasteiger partial charge in [-0.05, 0) is 43.9 Å². The van der Waals surface area contributed by atoms with E-state index in [4.69, 9.17) is 0 Å². The summed E-state index contributed by atoms with van der Waals surface area (Å²) >= 11 is 0. The molecule has 2 heterocycles. The van der Waals surface area contributed by atoms with E-state index in [-0.39, 0.29) is 0 Å². The highest BCUT2D eigenvalue weighted by Gasteiger charge is 2.43. The molecule has 2 aliphatic heterocycles. The van der Waals surface area contributed by atoms with Gasteiger partial charge in [-0.2, -0.15) is 0 Å². The predicted molar refractivity (Wildman–Crippen MR) is 84.8 cm³/mol. The van der Waals surface area contributed by atoms with Crippen LogP contribution in [0.15, 0.2) is 5.16 Å². The molecule has 21 heavy (non-hydrogen) atoms. The van der Waals surface area contributed by atoms with Crippen molar-refractivity contribution >= 4 is 5.71 Å². The zero-order valence-corrected chi connectivity index (χ0v) is 13.2. The lowest BCUT2D eigenvalue weighted by atomic mass is 9.74. The van der Waals surface area contributed by atoms with Crippen molar-refractivity contribution in [2.24, 2.45) is 17.0 Å². The van der Waals surface area contributed by atoms with E-state index >= 15 is 0 Å². The van der Waals surface area contributed by atoms with Gasteiger partial charge in [-0.15, -0.1) is 0 Å². The van der Waals surface area contributed by atoms with Crippen molar-refractivity contribution in [3.63, 3.8) is 0 Å². The van der Waals surface area contributed by atoms with Gasteiger partial charge >= 0.3 is 0 Å². The van der Waals surface area contributed by atoms with Crippen LogP contribution < -0.4 is 0 Å². The van der Waals surface area contributed by atoms with Crippen LogP contribution in [0.5, 0.6) is 0 Å². The molecule has 4 atom stereocenters. The lowest BCUT2D eigenvalue weighted by molar-refractivity contribution is -0.00496. The third kappa shape index (κ3) is 2.74. The summed E-state index contributed by atoms with van der Waals surface area (Å²) < 4.78 is 0. The summed E-state index contributed by atoms with van der Waals surface area (Å²) in [6.45, 7) is 0. The molecule has 3 nitrogen and oxygen atoms in total. The molecule has 2 saturated heterocycles. The largest absolute Gasteiger partial charge is 0.411 e. The minimum Gasteiger partial charge on any atom is -0.411 e. The fourth-order valence-electron chi connectivity index (χ4n) is 6.02. The summed E-state index contributed by atoms with van der Waals surface area (Å²) in [7, 11) is 0. The zero-order valence-electron chi connectivity index (χ0n) is 13.2. The molecule has 4 fully saturated rings. The second-order valence-electron chi connectivity index (χ2n) is 8.14. The Hall–Kier alpha value is -0.570. The van der Waals surface area contributed by atoms with E-state index in [9.17, 15) is 5.21 Å². The van der Waals surface area contributed by atoms with Crippen LogP contribution >= 0.6 is 0 Å². The number of hydrogen-bond acceptors (Lipinski definition) is 3. The molecule has 0 spiro atoms. The molecule has 4 aliphatic rings. The Balaban J connectivity index is 1.52. The molecule has 4 rings (SSSR count). The first-order chi connectivity index (χ1) is 10.3. The van der Waals surface area contributed by atoms with E-state index in [1.807, 2.05) is 0 Å². The highest BCUT2D eigenvalue weighted by Crippen LogP contribution is 2.44. The molecule has 2 saturated carbocycles. The van der Waals surface area contributed by atoms with Gasteiger partial charge in [0.15, 0.2) is 0 Å². The maximum Gasteiger partial charge on any atom is 0.0601 e. The summed E-state index contributed by atoms with van der Waals surface area (Å²) in [4.78, 5) is 2.91. The van der Waals surface area contributed by atoms with Gasteiger partial charge < -0.3 is 5.21 Å². The molecule has 0 aromatic carbocycles. The first kappa shape index (κ1) is 14.0. The molecule has 118 valence electrons. The molecular weight excluding hydrogens is 260 g/mol. The molecule has 0 aromatic heterocycles. The molecule has 1 N–H and O–H groups in total. The molecule has 0 amide bonds. The third-order valence-corrected chi connectivity index (χ3v) is 6.78. The van der Waals surface area contributed by atoms with Gasteiger partial charge in [0.25, 0.3) is 0 Å². The first-order valence-electron chi connectivity index (χ1n) is 9.30. The normalized spacial score (nSPS) is 46.3. The van der Waals surface area contributed by atoms with Gasteiger partial charge in [0.05, 0.1) is 5.71 Å². The smallest absolute Gasteiger partial charge is 0.0601 e. The van der Waals surface area contributed by atoms with Gasteiger partial charge in [-0.3, -0.25) is 4.90 Å². The van der Waals surface area contributed by atoms with Crippen molar-refractivity contribution in [1.82, 2.24) is 4.90 Å². The van der Waals surface area contributed by atoms with Gasteiger partial charge in [-0.25, -0.2) is 0 Å². The van der Waals surface area contributed by atoms with Crippen LogP contribution in [0.25, 0.3) is 0 Å². The second kappa shape index (κ2) is 5.91. The molecule has 2 unspecified atom stereocenters. The van der Waals surface area contributed by atoms with Crippen LogP contribution in [-0.2, 0) is 0 Å². The minimum atomic E-state index is 0.675. The van der Waals surface area contributed by atoms with Crippen molar-refractivity contribution in [2.75, 3.05) is 0 Å². The number of fused-ring (bicyclic) bond motifs is 4. The standard InChI is InChI=1S/C18H30N2O/c21-19-15-11-16-6-3-7-17(12-15)20(16)18-9-13-4-1-2-5-14(8-13)10-18/h13-14,16-18,21H,1-12H2/t13?,14?,16-,17+,18?. The van der Waals surface area contributed by atoms with Crippen LogP contribution in [0.4, 0.5) is 0 Å². The zero-order chi connectivity index (χ0) is 14.2. The predicted octanol–water partition coefficient (Wildman–Crippen LogP) is 4.19. The molecular formula is C18H30N2O. The van der Waals surface area contributed by atoms with Gasteiger partial charge in [0, 0.05) is 31.0 Å². The Morgan fingerprint density at radius 3 is 1.95 bits per heavy atom. The van der Waals surface area contributed by atoms with E-state index < -0.39 is 0 Å². The fourth-order valence-corrected chi connectivity index (χ4v) is 6.02. The van der Waals surface area contributed by atoms with Gasteiger partial charge in [-0.1, -0.05) is 37.3 Å². The number of hydrogen-bond donors (Lipinski definition) is 1. The Kier molecular flexibility index (Phi) is 3.95. The highest BCUT2D eigenvalue weighted by molar-refractivity contribution is 5.86. The molecule has 2 aliphatic carbocycles. The van der Waals surface area contributed by atoms with Gasteiger partial charge in [0.1, 0.15) is 0 Å². The summed E-state index contributed by atoms with van der Waals surface area (Å²) in [5.74, 6) is 2.01. The number of piperidine rings is 2. The summed E-state index contributed by atoms with van der Waals surface area (Å²) in [6.07, 6.45) is 16.4. The number of nitrogens with zero attached hydrogens (tertiary/aromatic N) is 2. The van der Waals surface area contributed by atoms with E-state index in [0.717, 1.165) is 36.4 Å². The van der Waals surface area contributed by atoms with E-state index in [2.05, 4.69) is 10.1 Å². The maximum absolute atomic E-state index is 9.18. The Labute approximate surface area is 128 Å². The highest BCUT2D eigenvalue weighted by atomic mass is 16.4. The summed E-state index contributed by atoms with van der Waals surface area (Å²) in [6, 6.07) is 2.18. The molecule has 4 bridgehead atoms. The van der Waals surface area contributed by atoms with Crippen LogP contribution in [0.3, 0.4) is 0 Å². The summed E-state index contributed by atoms with van der Waals surface area (Å²) in [5, 5.41) is 12.8. The fraction of sp³-hybridized carbons (Fsp3) is 0.944. The SMILES string of the molecule is ON=C1C[C@H]2CCC[C@@H](C1)N2C1CC2CCCCC(C2)C1. The van der Waals surface area contributed by atoms with Crippen molar-refractivity contribution in [3.05, 3.63) is 0 Å². The molecule has 3 heteroatoms. The molecule has 0 radical (unpaired) electrons. The van der Waals surface area contributed by atoms with Crippen LogP contribution in [-0.4, -0.2) is 33.9 Å². The maximum atomic E-state index is 9.18. The quantitative estimate of drug-likeness (QED) is 0.580. The third-order valence-electron chi connectivity index (χ3n) is 6.78. The lowest BCUT2D eigenvalue weighted by Crippen LogP contribution is -2.58. The Morgan fingerprint density at radius 1 is 0.762 bits per heavy atom. The van der Waals surface area contributed by atoms with Crippen LogP contribution in [0.1, 0.15) is 77.0 Å². The molecule has 0 aromatic rings. The van der Waals surface area contributed by atoms with Gasteiger partial charge in [0.2, 0.25) is 0 Å². The van der Waals surface area contributed by atoms with Crippen molar-refractivity contribution < 1.29 is 5.21 Å². The Bertz CT molecular complexity index is 378. The van der Waals surface area contributed by atoms with Crippen molar-refractivity contribution in [1.29, 1.82) is 0 Å². The van der Waals surface area contributed by atoms with Crippen LogP contribution in [0.2, 0.25) is 0 Å². The van der Waals surface area contributed by atoms with Crippen LogP contribution in [0, 0.1) is 11.8 Å². The number of rotatable bonds is 1.